The van der Waals surface area contributed by atoms with Gasteiger partial charge in [0.1, 0.15) is 0 Å². The first-order valence-corrected chi connectivity index (χ1v) is 5.04. The Balaban J connectivity index is 2.20. The molecule has 0 spiro atoms. The van der Waals surface area contributed by atoms with E-state index in [1.807, 2.05) is 13.8 Å². The van der Waals surface area contributed by atoms with E-state index in [0.29, 0.717) is 0 Å². The summed E-state index contributed by atoms with van der Waals surface area (Å²) in [6.07, 6.45) is 1.40. The van der Waals surface area contributed by atoms with Crippen LogP contribution in [0, 0.1) is 0 Å². The van der Waals surface area contributed by atoms with Gasteiger partial charge in [-0.05, 0) is 39.8 Å². The van der Waals surface area contributed by atoms with Gasteiger partial charge in [-0.3, -0.25) is 0 Å². The maximum Gasteiger partial charge on any atom is 0.407 e. The van der Waals surface area contributed by atoms with E-state index in [-0.39, 0.29) is 18.2 Å². The van der Waals surface area contributed by atoms with Crippen LogP contribution in [0.4, 0.5) is 4.79 Å². The molecule has 78 valence electrons. The minimum atomic E-state index is -0.324. The Morgan fingerprint density at radius 3 is 2.57 bits per heavy atom. The van der Waals surface area contributed by atoms with Crippen LogP contribution in [0.3, 0.4) is 0 Å². The highest BCUT2D eigenvalue weighted by molar-refractivity contribution is 6.04. The maximum absolute atomic E-state index is 11.2. The van der Waals surface area contributed by atoms with Crippen LogP contribution < -0.4 is 5.32 Å². The van der Waals surface area contributed by atoms with Gasteiger partial charge in [0.05, 0.1) is 6.10 Å². The van der Waals surface area contributed by atoms with E-state index in [1.54, 1.807) is 4.81 Å². The number of carbonyl (C=O) groups is 1. The van der Waals surface area contributed by atoms with Gasteiger partial charge in [-0.15, -0.1) is 0 Å². The predicted molar refractivity (Wildman–Crippen MR) is 55.1 cm³/mol. The molecule has 2 radical (unpaired) electrons. The van der Waals surface area contributed by atoms with Crippen LogP contribution in [0.15, 0.2) is 0 Å². The number of hydrogen-bond acceptors (Lipinski definition) is 3. The summed E-state index contributed by atoms with van der Waals surface area (Å²) in [4.78, 5) is 13.0. The largest absolute Gasteiger partial charge is 0.447 e. The fourth-order valence-electron chi connectivity index (χ4n) is 1.46. The number of ether oxygens (including phenoxy) is 1. The maximum atomic E-state index is 11.2. The molecule has 1 amide bonds. The number of amides is 1. The predicted octanol–water partition coefficient (Wildman–Crippen LogP) is 0.669. The zero-order chi connectivity index (χ0) is 10.6. The number of hydrogen-bond donors (Lipinski definition) is 1. The van der Waals surface area contributed by atoms with Crippen molar-refractivity contribution in [3.63, 3.8) is 0 Å². The highest BCUT2D eigenvalue weighted by atomic mass is 16.6. The molecule has 5 heteroatoms. The van der Waals surface area contributed by atoms with Crippen molar-refractivity contribution in [2.45, 2.75) is 38.8 Å². The summed E-state index contributed by atoms with van der Waals surface area (Å²) < 4.78 is 4.98. The number of nitrogens with one attached hydrogen (secondary N) is 1. The molecule has 0 aromatic rings. The van der Waals surface area contributed by atoms with Crippen molar-refractivity contribution in [2.24, 2.45) is 0 Å². The zero-order valence-electron chi connectivity index (χ0n) is 8.82. The van der Waals surface area contributed by atoms with Gasteiger partial charge in [0.15, 0.2) is 7.98 Å². The van der Waals surface area contributed by atoms with Gasteiger partial charge in [0.25, 0.3) is 0 Å². The van der Waals surface area contributed by atoms with Crippen molar-refractivity contribution >= 4 is 14.1 Å². The lowest BCUT2D eigenvalue weighted by Gasteiger charge is -2.29. The Morgan fingerprint density at radius 2 is 2.07 bits per heavy atom. The first-order chi connectivity index (χ1) is 6.58. The van der Waals surface area contributed by atoms with Crippen molar-refractivity contribution in [2.75, 3.05) is 13.1 Å². The molecule has 0 bridgehead atoms. The molecule has 1 saturated heterocycles. The van der Waals surface area contributed by atoms with E-state index in [0.717, 1.165) is 25.9 Å². The first kappa shape index (κ1) is 11.4. The van der Waals surface area contributed by atoms with Crippen LogP contribution in [-0.4, -0.2) is 44.1 Å². The van der Waals surface area contributed by atoms with E-state index in [9.17, 15) is 4.79 Å². The van der Waals surface area contributed by atoms with Crippen LogP contribution in [0.2, 0.25) is 0 Å². The third-order valence-corrected chi connectivity index (χ3v) is 2.19. The highest BCUT2D eigenvalue weighted by Crippen LogP contribution is 2.07. The molecule has 1 heterocycles. The molecule has 0 saturated carbocycles. The quantitative estimate of drug-likeness (QED) is 0.660. The summed E-state index contributed by atoms with van der Waals surface area (Å²) in [6.45, 7) is 5.32. The summed E-state index contributed by atoms with van der Waals surface area (Å²) in [5, 5.41) is 2.83. The second kappa shape index (κ2) is 5.24. The van der Waals surface area contributed by atoms with Gasteiger partial charge < -0.3 is 14.9 Å². The van der Waals surface area contributed by atoms with Gasteiger partial charge in [-0.2, -0.15) is 0 Å². The SMILES string of the molecule is [B]N1CCC(NC(=O)OC(C)C)CC1. The number of rotatable bonds is 2. The molecule has 1 rings (SSSR count). The van der Waals surface area contributed by atoms with Gasteiger partial charge >= 0.3 is 6.09 Å². The average molecular weight is 196 g/mol. The van der Waals surface area contributed by atoms with Crippen LogP contribution in [0.25, 0.3) is 0 Å². The van der Waals surface area contributed by atoms with E-state index in [2.05, 4.69) is 5.32 Å². The number of alkyl carbamates (subject to hydrolysis) is 1. The summed E-state index contributed by atoms with van der Waals surface area (Å²) in [6, 6.07) is 0.209. The molecule has 0 unspecified atom stereocenters. The minimum absolute atomic E-state index is 0.0652. The Hall–Kier alpha value is -0.705. The number of nitrogens with zero attached hydrogens (tertiary/aromatic N) is 1. The molecule has 1 aliphatic heterocycles. The molecule has 1 aliphatic rings. The monoisotopic (exact) mass is 196 g/mol. The minimum Gasteiger partial charge on any atom is -0.447 e. The summed E-state index contributed by atoms with van der Waals surface area (Å²) in [5.41, 5.74) is 0. The van der Waals surface area contributed by atoms with Gasteiger partial charge in [0.2, 0.25) is 0 Å². The lowest BCUT2D eigenvalue weighted by Crippen LogP contribution is -2.44. The zero-order valence-corrected chi connectivity index (χ0v) is 8.82. The molecule has 4 nitrogen and oxygen atoms in total. The molecular formula is C9H17BN2O2. The smallest absolute Gasteiger partial charge is 0.407 e. The average Bonchev–Trinajstić information content (AvgIpc) is 2.07. The summed E-state index contributed by atoms with van der Waals surface area (Å²) in [5.74, 6) is 0. The normalized spacial score (nSPS) is 19.6. The third kappa shape index (κ3) is 4.00. The van der Waals surface area contributed by atoms with E-state index in [1.165, 1.54) is 0 Å². The fraction of sp³-hybridized carbons (Fsp3) is 0.889. The van der Waals surface area contributed by atoms with Gasteiger partial charge in [-0.25, -0.2) is 4.79 Å². The van der Waals surface area contributed by atoms with Crippen molar-refractivity contribution in [3.8, 4) is 0 Å². The van der Waals surface area contributed by atoms with Gasteiger partial charge in [-0.1, -0.05) is 0 Å². The summed E-state index contributed by atoms with van der Waals surface area (Å²) in [7, 11) is 5.60. The van der Waals surface area contributed by atoms with E-state index in [4.69, 9.17) is 12.7 Å². The number of carbonyl (C=O) groups excluding carboxylic acids is 1. The topological polar surface area (TPSA) is 41.6 Å². The molecule has 0 aliphatic carbocycles. The second-order valence-corrected chi connectivity index (χ2v) is 3.91. The third-order valence-electron chi connectivity index (χ3n) is 2.19. The van der Waals surface area contributed by atoms with Crippen molar-refractivity contribution in [1.82, 2.24) is 10.1 Å². The fourth-order valence-corrected chi connectivity index (χ4v) is 1.46. The van der Waals surface area contributed by atoms with Crippen molar-refractivity contribution < 1.29 is 9.53 Å². The Bertz CT molecular complexity index is 191. The molecule has 1 fully saturated rings. The molecule has 0 atom stereocenters. The molecular weight excluding hydrogens is 179 g/mol. The Morgan fingerprint density at radius 1 is 1.50 bits per heavy atom. The van der Waals surface area contributed by atoms with Crippen LogP contribution in [0.5, 0.6) is 0 Å². The van der Waals surface area contributed by atoms with Crippen LogP contribution in [-0.2, 0) is 4.74 Å². The summed E-state index contributed by atoms with van der Waals surface area (Å²) >= 11 is 0. The first-order valence-electron chi connectivity index (χ1n) is 5.04. The number of piperidine rings is 1. The van der Waals surface area contributed by atoms with Crippen LogP contribution in [0.1, 0.15) is 26.7 Å². The second-order valence-electron chi connectivity index (χ2n) is 3.91. The van der Waals surface area contributed by atoms with E-state index < -0.39 is 0 Å². The van der Waals surface area contributed by atoms with Crippen LogP contribution >= 0.6 is 0 Å². The van der Waals surface area contributed by atoms with E-state index >= 15 is 0 Å². The molecule has 1 N–H and O–H groups in total. The molecule has 14 heavy (non-hydrogen) atoms. The molecule has 0 aromatic heterocycles. The van der Waals surface area contributed by atoms with Gasteiger partial charge in [0, 0.05) is 6.04 Å². The Kier molecular flexibility index (Phi) is 4.26. The standard InChI is InChI=1S/C9H17BN2O2/c1-7(2)14-9(13)11-8-3-5-12(10)6-4-8/h7-8H,3-6H2,1-2H3,(H,11,13). The van der Waals surface area contributed by atoms with Crippen molar-refractivity contribution in [3.05, 3.63) is 0 Å². The molecule has 0 aromatic carbocycles. The lowest BCUT2D eigenvalue weighted by atomic mass is 10.0. The lowest BCUT2D eigenvalue weighted by molar-refractivity contribution is 0.109. The highest BCUT2D eigenvalue weighted by Gasteiger charge is 2.18. The Labute approximate surface area is 86.4 Å². The van der Waals surface area contributed by atoms with Crippen molar-refractivity contribution in [1.29, 1.82) is 0 Å².